The highest BCUT2D eigenvalue weighted by molar-refractivity contribution is 5.92. The van der Waals surface area contributed by atoms with Crippen molar-refractivity contribution in [1.82, 2.24) is 0 Å². The lowest BCUT2D eigenvalue weighted by Gasteiger charge is -2.07. The van der Waals surface area contributed by atoms with E-state index in [2.05, 4.69) is 0 Å². The molecular formula is C15H15NO3. The maximum Gasteiger partial charge on any atom is 0.248 e. The van der Waals surface area contributed by atoms with Crippen LogP contribution in [0.2, 0.25) is 0 Å². The SMILES string of the molecule is COc1ccc(COc2ccc(C(N)=O)cc2)cc1. The number of rotatable bonds is 5. The molecule has 0 aliphatic rings. The lowest BCUT2D eigenvalue weighted by atomic mass is 10.2. The van der Waals surface area contributed by atoms with Gasteiger partial charge < -0.3 is 15.2 Å². The third-order valence-corrected chi connectivity index (χ3v) is 2.70. The van der Waals surface area contributed by atoms with Gasteiger partial charge >= 0.3 is 0 Å². The van der Waals surface area contributed by atoms with Crippen LogP contribution in [0, 0.1) is 0 Å². The number of amides is 1. The van der Waals surface area contributed by atoms with E-state index in [4.69, 9.17) is 15.2 Å². The van der Waals surface area contributed by atoms with Crippen LogP contribution in [0.3, 0.4) is 0 Å². The molecule has 0 aromatic heterocycles. The molecule has 0 aliphatic carbocycles. The molecular weight excluding hydrogens is 242 g/mol. The highest BCUT2D eigenvalue weighted by atomic mass is 16.5. The van der Waals surface area contributed by atoms with Crippen LogP contribution in [0.15, 0.2) is 48.5 Å². The normalized spacial score (nSPS) is 9.95. The van der Waals surface area contributed by atoms with Gasteiger partial charge in [-0.1, -0.05) is 12.1 Å². The van der Waals surface area contributed by atoms with Crippen LogP contribution in [-0.2, 0) is 6.61 Å². The molecule has 0 saturated carbocycles. The van der Waals surface area contributed by atoms with Gasteiger partial charge in [0, 0.05) is 5.56 Å². The quantitative estimate of drug-likeness (QED) is 0.894. The Balaban J connectivity index is 1.95. The molecule has 0 heterocycles. The molecule has 0 unspecified atom stereocenters. The van der Waals surface area contributed by atoms with E-state index in [1.165, 1.54) is 0 Å². The Bertz CT molecular complexity index is 547. The van der Waals surface area contributed by atoms with Gasteiger partial charge in [0.05, 0.1) is 7.11 Å². The zero-order chi connectivity index (χ0) is 13.7. The van der Waals surface area contributed by atoms with Gasteiger partial charge in [-0.2, -0.15) is 0 Å². The summed E-state index contributed by atoms with van der Waals surface area (Å²) in [5.41, 5.74) is 6.68. The number of ether oxygens (including phenoxy) is 2. The first-order chi connectivity index (χ1) is 9.19. The van der Waals surface area contributed by atoms with Crippen molar-refractivity contribution in [2.75, 3.05) is 7.11 Å². The van der Waals surface area contributed by atoms with Crippen molar-refractivity contribution in [2.45, 2.75) is 6.61 Å². The van der Waals surface area contributed by atoms with E-state index in [1.54, 1.807) is 31.4 Å². The molecule has 0 radical (unpaired) electrons. The number of benzene rings is 2. The molecule has 0 saturated heterocycles. The average molecular weight is 257 g/mol. The van der Waals surface area contributed by atoms with Crippen LogP contribution in [0.5, 0.6) is 11.5 Å². The smallest absolute Gasteiger partial charge is 0.248 e. The Morgan fingerprint density at radius 3 is 2.11 bits per heavy atom. The lowest BCUT2D eigenvalue weighted by molar-refractivity contribution is 0.100. The molecule has 0 atom stereocenters. The molecule has 0 fully saturated rings. The van der Waals surface area contributed by atoms with Gasteiger partial charge in [0.1, 0.15) is 18.1 Å². The predicted molar refractivity (Wildman–Crippen MR) is 72.3 cm³/mol. The standard InChI is InChI=1S/C15H15NO3/c1-18-13-6-2-11(3-7-13)10-19-14-8-4-12(5-9-14)15(16)17/h2-9H,10H2,1H3,(H2,16,17). The van der Waals surface area contributed by atoms with Gasteiger partial charge in [-0.3, -0.25) is 4.79 Å². The summed E-state index contributed by atoms with van der Waals surface area (Å²) in [5.74, 6) is 1.07. The Hall–Kier alpha value is -2.49. The van der Waals surface area contributed by atoms with Crippen molar-refractivity contribution in [3.63, 3.8) is 0 Å². The van der Waals surface area contributed by atoms with Crippen molar-refractivity contribution < 1.29 is 14.3 Å². The van der Waals surface area contributed by atoms with Crippen LogP contribution in [0.1, 0.15) is 15.9 Å². The predicted octanol–water partition coefficient (Wildman–Crippen LogP) is 2.37. The first-order valence-electron chi connectivity index (χ1n) is 5.84. The van der Waals surface area contributed by atoms with E-state index in [0.717, 1.165) is 11.3 Å². The molecule has 2 aromatic rings. The second kappa shape index (κ2) is 5.91. The average Bonchev–Trinajstić information content (AvgIpc) is 2.46. The fourth-order valence-electron chi connectivity index (χ4n) is 1.60. The second-order valence-electron chi connectivity index (χ2n) is 4.03. The molecule has 4 heteroatoms. The van der Waals surface area contributed by atoms with Crippen LogP contribution in [0.4, 0.5) is 0 Å². The van der Waals surface area contributed by atoms with Crippen molar-refractivity contribution in [3.05, 3.63) is 59.7 Å². The zero-order valence-electron chi connectivity index (χ0n) is 10.6. The molecule has 2 aromatic carbocycles. The second-order valence-corrected chi connectivity index (χ2v) is 4.03. The summed E-state index contributed by atoms with van der Waals surface area (Å²) in [6.45, 7) is 0.458. The first-order valence-corrected chi connectivity index (χ1v) is 5.84. The maximum atomic E-state index is 10.9. The van der Waals surface area contributed by atoms with Gasteiger partial charge in [0.2, 0.25) is 5.91 Å². The van der Waals surface area contributed by atoms with Gasteiger partial charge in [-0.15, -0.1) is 0 Å². The van der Waals surface area contributed by atoms with Gasteiger partial charge in [-0.05, 0) is 42.0 Å². The summed E-state index contributed by atoms with van der Waals surface area (Å²) in [7, 11) is 1.63. The Kier molecular flexibility index (Phi) is 4.03. The third-order valence-electron chi connectivity index (χ3n) is 2.70. The molecule has 4 nitrogen and oxygen atoms in total. The van der Waals surface area contributed by atoms with Gasteiger partial charge in [0.15, 0.2) is 0 Å². The van der Waals surface area contributed by atoms with E-state index in [0.29, 0.717) is 17.9 Å². The summed E-state index contributed by atoms with van der Waals surface area (Å²) in [6.07, 6.45) is 0. The molecule has 0 aliphatic heterocycles. The van der Waals surface area contributed by atoms with Crippen LogP contribution < -0.4 is 15.2 Å². The summed E-state index contributed by atoms with van der Waals surface area (Å²) < 4.78 is 10.7. The summed E-state index contributed by atoms with van der Waals surface area (Å²) in [4.78, 5) is 10.9. The maximum absolute atomic E-state index is 10.9. The molecule has 0 spiro atoms. The Morgan fingerprint density at radius 1 is 1.00 bits per heavy atom. The van der Waals surface area contributed by atoms with Gasteiger partial charge in [0.25, 0.3) is 0 Å². The highest BCUT2D eigenvalue weighted by Gasteiger charge is 2.01. The minimum absolute atomic E-state index is 0.443. The van der Waals surface area contributed by atoms with Gasteiger partial charge in [-0.25, -0.2) is 0 Å². The summed E-state index contributed by atoms with van der Waals surface area (Å²) in [6, 6.07) is 14.4. The van der Waals surface area contributed by atoms with Crippen molar-refractivity contribution in [2.24, 2.45) is 5.73 Å². The third kappa shape index (κ3) is 3.48. The molecule has 0 bridgehead atoms. The first kappa shape index (κ1) is 13.0. The fourth-order valence-corrected chi connectivity index (χ4v) is 1.60. The number of methoxy groups -OCH3 is 1. The monoisotopic (exact) mass is 257 g/mol. The lowest BCUT2D eigenvalue weighted by Crippen LogP contribution is -2.10. The van der Waals surface area contributed by atoms with Crippen molar-refractivity contribution in [3.8, 4) is 11.5 Å². The molecule has 1 amide bonds. The number of carbonyl (C=O) groups excluding carboxylic acids is 1. The number of nitrogens with two attached hydrogens (primary N) is 1. The van der Waals surface area contributed by atoms with Crippen LogP contribution >= 0.6 is 0 Å². The van der Waals surface area contributed by atoms with Crippen LogP contribution in [-0.4, -0.2) is 13.0 Å². The summed E-state index contributed by atoms with van der Waals surface area (Å²) >= 11 is 0. The van der Waals surface area contributed by atoms with E-state index in [1.807, 2.05) is 24.3 Å². The fraction of sp³-hybridized carbons (Fsp3) is 0.133. The van der Waals surface area contributed by atoms with Crippen LogP contribution in [0.25, 0.3) is 0 Å². The number of hydrogen-bond donors (Lipinski definition) is 1. The highest BCUT2D eigenvalue weighted by Crippen LogP contribution is 2.16. The number of carbonyl (C=O) groups is 1. The topological polar surface area (TPSA) is 61.6 Å². The number of primary amides is 1. The minimum atomic E-state index is -0.443. The Labute approximate surface area is 111 Å². The molecule has 2 N–H and O–H groups in total. The van der Waals surface area contributed by atoms with Crippen molar-refractivity contribution >= 4 is 5.91 Å². The molecule has 2 rings (SSSR count). The Morgan fingerprint density at radius 2 is 1.58 bits per heavy atom. The summed E-state index contributed by atoms with van der Waals surface area (Å²) in [5, 5.41) is 0. The van der Waals surface area contributed by atoms with E-state index >= 15 is 0 Å². The van der Waals surface area contributed by atoms with E-state index in [9.17, 15) is 4.79 Å². The van der Waals surface area contributed by atoms with Crippen molar-refractivity contribution in [1.29, 1.82) is 0 Å². The minimum Gasteiger partial charge on any atom is -0.497 e. The molecule has 98 valence electrons. The van der Waals surface area contributed by atoms with E-state index < -0.39 is 5.91 Å². The largest absolute Gasteiger partial charge is 0.497 e. The number of hydrogen-bond acceptors (Lipinski definition) is 3. The zero-order valence-corrected chi connectivity index (χ0v) is 10.6. The molecule has 19 heavy (non-hydrogen) atoms. The van der Waals surface area contributed by atoms with E-state index in [-0.39, 0.29) is 0 Å².